The predicted molar refractivity (Wildman–Crippen MR) is 95.9 cm³/mol. The molecule has 0 amide bonds. The van der Waals surface area contributed by atoms with E-state index in [4.69, 9.17) is 23.2 Å². The van der Waals surface area contributed by atoms with Crippen LogP contribution in [0.5, 0.6) is 0 Å². The molecule has 0 aromatic heterocycles. The monoisotopic (exact) mass is 379 g/mol. The zero-order valence-corrected chi connectivity index (χ0v) is 14.6. The highest BCUT2D eigenvalue weighted by Gasteiger charge is 2.30. The summed E-state index contributed by atoms with van der Waals surface area (Å²) in [7, 11) is 0. The summed E-state index contributed by atoms with van der Waals surface area (Å²) in [4.78, 5) is 0. The molecule has 0 aliphatic heterocycles. The van der Waals surface area contributed by atoms with Gasteiger partial charge in [-0.15, -0.1) is 0 Å². The first-order valence-corrected chi connectivity index (χ1v) is 8.17. The third kappa shape index (κ3) is 3.68. The third-order valence-corrected chi connectivity index (χ3v) is 4.72. The average molecular weight is 380 g/mol. The molecule has 3 aromatic carbocycles. The molecule has 0 N–H and O–H groups in total. The third-order valence-electron chi connectivity index (χ3n) is 3.90. The Morgan fingerprint density at radius 1 is 0.920 bits per heavy atom. The second kappa shape index (κ2) is 6.74. The Bertz CT molecular complexity index is 930. The number of rotatable bonds is 2. The van der Waals surface area contributed by atoms with Crippen LogP contribution in [-0.4, -0.2) is 0 Å². The van der Waals surface area contributed by atoms with Gasteiger partial charge in [0.2, 0.25) is 0 Å². The van der Waals surface area contributed by atoms with Crippen molar-refractivity contribution in [3.8, 4) is 22.3 Å². The topological polar surface area (TPSA) is 0 Å². The van der Waals surface area contributed by atoms with E-state index in [0.29, 0.717) is 21.2 Å². The van der Waals surface area contributed by atoms with Crippen molar-refractivity contribution in [3.05, 3.63) is 81.8 Å². The fourth-order valence-electron chi connectivity index (χ4n) is 2.63. The molecular formula is C20H12Cl2F3. The molecule has 0 aliphatic rings. The summed E-state index contributed by atoms with van der Waals surface area (Å²) in [5.74, 6) is 0. The number of alkyl halides is 3. The SMILES string of the molecule is Cc1cc(-c2cccc(C(F)(F)F)c2)[c]cc1-c1cccc(Cl)c1Cl. The largest absolute Gasteiger partial charge is 0.416 e. The Hall–Kier alpha value is -1.97. The molecule has 0 bridgehead atoms. The van der Waals surface area contributed by atoms with Gasteiger partial charge in [-0.05, 0) is 59.5 Å². The fraction of sp³-hybridized carbons (Fsp3) is 0.100. The van der Waals surface area contributed by atoms with Crippen LogP contribution in [-0.2, 0) is 6.18 Å². The summed E-state index contributed by atoms with van der Waals surface area (Å²) in [5.41, 5.74) is 2.84. The molecule has 5 heteroatoms. The zero-order valence-electron chi connectivity index (χ0n) is 13.1. The standard InChI is InChI=1S/C20H12Cl2F3/c1-12-10-14(13-4-2-5-15(11-13)20(23,24)25)8-9-16(12)17-6-3-7-18(21)19(17)22/h2-7,9-11H,1H3. The van der Waals surface area contributed by atoms with Gasteiger partial charge in [0.05, 0.1) is 15.6 Å². The summed E-state index contributed by atoms with van der Waals surface area (Å²) >= 11 is 12.3. The molecule has 0 saturated carbocycles. The van der Waals surface area contributed by atoms with Crippen LogP contribution in [0.3, 0.4) is 0 Å². The van der Waals surface area contributed by atoms with Crippen LogP contribution in [0.25, 0.3) is 22.3 Å². The van der Waals surface area contributed by atoms with Gasteiger partial charge >= 0.3 is 6.18 Å². The Kier molecular flexibility index (Phi) is 4.81. The van der Waals surface area contributed by atoms with Crippen molar-refractivity contribution < 1.29 is 13.2 Å². The van der Waals surface area contributed by atoms with Gasteiger partial charge in [0.25, 0.3) is 0 Å². The molecule has 0 heterocycles. The Balaban J connectivity index is 2.05. The van der Waals surface area contributed by atoms with Gasteiger partial charge in [-0.3, -0.25) is 0 Å². The van der Waals surface area contributed by atoms with Crippen LogP contribution >= 0.6 is 23.2 Å². The van der Waals surface area contributed by atoms with E-state index in [0.717, 1.165) is 28.8 Å². The highest BCUT2D eigenvalue weighted by Crippen LogP contribution is 2.37. The molecule has 0 fully saturated rings. The van der Waals surface area contributed by atoms with Crippen molar-refractivity contribution >= 4 is 23.2 Å². The Morgan fingerprint density at radius 3 is 2.32 bits per heavy atom. The lowest BCUT2D eigenvalue weighted by Crippen LogP contribution is -2.04. The Morgan fingerprint density at radius 2 is 1.64 bits per heavy atom. The smallest absolute Gasteiger partial charge is 0.166 e. The minimum absolute atomic E-state index is 0.437. The average Bonchev–Trinajstić information content (AvgIpc) is 2.57. The number of hydrogen-bond donors (Lipinski definition) is 0. The molecule has 3 aromatic rings. The quantitative estimate of drug-likeness (QED) is 0.433. The maximum absolute atomic E-state index is 12.9. The van der Waals surface area contributed by atoms with Gasteiger partial charge in [0, 0.05) is 5.56 Å². The summed E-state index contributed by atoms with van der Waals surface area (Å²) in [6.45, 7) is 1.87. The van der Waals surface area contributed by atoms with E-state index in [1.165, 1.54) is 6.07 Å². The molecule has 1 radical (unpaired) electrons. The van der Waals surface area contributed by atoms with Crippen LogP contribution in [0.15, 0.2) is 54.6 Å². The zero-order chi connectivity index (χ0) is 18.2. The number of halogens is 5. The predicted octanol–water partition coefficient (Wildman–Crippen LogP) is 7.45. The van der Waals surface area contributed by atoms with E-state index in [-0.39, 0.29) is 0 Å². The molecule has 0 atom stereocenters. The number of hydrogen-bond acceptors (Lipinski definition) is 0. The van der Waals surface area contributed by atoms with Crippen LogP contribution in [0.4, 0.5) is 13.2 Å². The first kappa shape index (κ1) is 17.8. The van der Waals surface area contributed by atoms with Crippen LogP contribution in [0, 0.1) is 13.0 Å². The maximum Gasteiger partial charge on any atom is 0.416 e. The summed E-state index contributed by atoms with van der Waals surface area (Å²) in [5, 5.41) is 0.882. The summed E-state index contributed by atoms with van der Waals surface area (Å²) in [6.07, 6.45) is -4.38. The van der Waals surface area contributed by atoms with E-state index >= 15 is 0 Å². The van der Waals surface area contributed by atoms with Crippen molar-refractivity contribution in [2.24, 2.45) is 0 Å². The van der Waals surface area contributed by atoms with Crippen LogP contribution < -0.4 is 0 Å². The first-order chi connectivity index (χ1) is 11.8. The molecule has 127 valence electrons. The second-order valence-electron chi connectivity index (χ2n) is 5.62. The van der Waals surface area contributed by atoms with Crippen molar-refractivity contribution in [1.29, 1.82) is 0 Å². The van der Waals surface area contributed by atoms with Gasteiger partial charge < -0.3 is 0 Å². The van der Waals surface area contributed by atoms with Crippen molar-refractivity contribution in [2.45, 2.75) is 13.1 Å². The summed E-state index contributed by atoms with van der Waals surface area (Å²) < 4.78 is 38.7. The lowest BCUT2D eigenvalue weighted by atomic mass is 9.95. The lowest BCUT2D eigenvalue weighted by molar-refractivity contribution is -0.137. The van der Waals surface area contributed by atoms with E-state index in [9.17, 15) is 13.2 Å². The highest BCUT2D eigenvalue weighted by molar-refractivity contribution is 6.43. The lowest BCUT2D eigenvalue weighted by Gasteiger charge is -2.12. The van der Waals surface area contributed by atoms with Crippen molar-refractivity contribution in [2.75, 3.05) is 0 Å². The number of aryl methyl sites for hydroxylation is 1. The molecule has 25 heavy (non-hydrogen) atoms. The van der Waals surface area contributed by atoms with Crippen molar-refractivity contribution in [3.63, 3.8) is 0 Å². The van der Waals surface area contributed by atoms with E-state index in [1.807, 2.05) is 13.0 Å². The van der Waals surface area contributed by atoms with Crippen LogP contribution in [0.1, 0.15) is 11.1 Å². The molecule has 0 spiro atoms. The maximum atomic E-state index is 12.9. The first-order valence-electron chi connectivity index (χ1n) is 7.41. The molecular weight excluding hydrogens is 368 g/mol. The van der Waals surface area contributed by atoms with Crippen LogP contribution in [0.2, 0.25) is 10.0 Å². The van der Waals surface area contributed by atoms with Gasteiger partial charge in [-0.25, -0.2) is 0 Å². The number of benzene rings is 3. The van der Waals surface area contributed by atoms with Gasteiger partial charge in [-0.1, -0.05) is 53.5 Å². The molecule has 0 saturated heterocycles. The Labute approximate surface area is 153 Å². The molecule has 3 rings (SSSR count). The second-order valence-corrected chi connectivity index (χ2v) is 6.41. The molecule has 0 unspecified atom stereocenters. The highest BCUT2D eigenvalue weighted by atomic mass is 35.5. The van der Waals surface area contributed by atoms with Crippen molar-refractivity contribution in [1.82, 2.24) is 0 Å². The van der Waals surface area contributed by atoms with Gasteiger partial charge in [-0.2, -0.15) is 13.2 Å². The van der Waals surface area contributed by atoms with E-state index in [1.54, 1.807) is 30.3 Å². The molecule has 0 aliphatic carbocycles. The van der Waals surface area contributed by atoms with E-state index < -0.39 is 11.7 Å². The van der Waals surface area contributed by atoms with E-state index in [2.05, 4.69) is 6.07 Å². The normalized spacial score (nSPS) is 11.6. The summed E-state index contributed by atoms with van der Waals surface area (Å²) in [6, 6.07) is 17.1. The van der Waals surface area contributed by atoms with Gasteiger partial charge in [0.15, 0.2) is 0 Å². The minimum Gasteiger partial charge on any atom is -0.166 e. The molecule has 0 nitrogen and oxygen atoms in total. The fourth-order valence-corrected chi connectivity index (χ4v) is 3.03. The van der Waals surface area contributed by atoms with Gasteiger partial charge in [0.1, 0.15) is 0 Å². The minimum atomic E-state index is -4.38.